The summed E-state index contributed by atoms with van der Waals surface area (Å²) in [4.78, 5) is 0. The molecule has 0 aliphatic heterocycles. The molecule has 2 heteroatoms. The normalized spacial score (nSPS) is 18.7. The first-order chi connectivity index (χ1) is 6.69. The van der Waals surface area contributed by atoms with Crippen molar-refractivity contribution in [3.63, 3.8) is 0 Å². The van der Waals surface area contributed by atoms with Crippen LogP contribution >= 0.6 is 0 Å². The highest BCUT2D eigenvalue weighted by molar-refractivity contribution is 5.81. The molecule has 0 bridgehead atoms. The van der Waals surface area contributed by atoms with Crippen LogP contribution in [0.3, 0.4) is 0 Å². The summed E-state index contributed by atoms with van der Waals surface area (Å²) in [5.41, 5.74) is 2.51. The summed E-state index contributed by atoms with van der Waals surface area (Å²) >= 11 is 0. The van der Waals surface area contributed by atoms with E-state index in [1.165, 1.54) is 0 Å². The molecule has 0 amide bonds. The largest absolute Gasteiger partial charge is 0.464 e. The lowest BCUT2D eigenvalue weighted by atomic mass is 10.0. The minimum absolute atomic E-state index is 0.544. The molecule has 1 saturated carbocycles. The minimum atomic E-state index is -0.544. The first-order valence-electron chi connectivity index (χ1n) is 4.90. The molecule has 72 valence electrons. The number of hydrogen-bond donors (Lipinski definition) is 1. The zero-order valence-corrected chi connectivity index (χ0v) is 8.08. The first-order valence-corrected chi connectivity index (χ1v) is 4.90. The van der Waals surface area contributed by atoms with Crippen molar-refractivity contribution in [2.75, 3.05) is 0 Å². The molecule has 1 aromatic heterocycles. The van der Waals surface area contributed by atoms with Gasteiger partial charge in [-0.2, -0.15) is 0 Å². The third-order valence-corrected chi connectivity index (χ3v) is 3.03. The van der Waals surface area contributed by atoms with Gasteiger partial charge in [0.1, 0.15) is 5.58 Å². The summed E-state index contributed by atoms with van der Waals surface area (Å²) in [6.45, 7) is 2.02. The summed E-state index contributed by atoms with van der Waals surface area (Å²) in [6.07, 6.45) is 3.52. The maximum atomic E-state index is 9.96. The van der Waals surface area contributed by atoms with Crippen molar-refractivity contribution in [3.05, 3.63) is 35.6 Å². The number of hydrogen-bond acceptors (Lipinski definition) is 2. The molecule has 2 aromatic rings. The topological polar surface area (TPSA) is 33.4 Å². The predicted octanol–water partition coefficient (Wildman–Crippen LogP) is 2.72. The summed E-state index contributed by atoms with van der Waals surface area (Å²) in [5, 5.41) is 11.1. The standard InChI is InChI=1S/C12H12O2/c1-8-7-14-11-3-2-9(6-10(8)11)12(13)4-5-12/h2-3,6-7,13H,4-5H2,1H3. The molecule has 1 aromatic carbocycles. The fourth-order valence-electron chi connectivity index (χ4n) is 1.85. The van der Waals surface area contributed by atoms with Crippen LogP contribution in [-0.2, 0) is 5.60 Å². The van der Waals surface area contributed by atoms with Gasteiger partial charge in [-0.1, -0.05) is 6.07 Å². The Morgan fingerprint density at radius 1 is 1.36 bits per heavy atom. The molecule has 1 fully saturated rings. The van der Waals surface area contributed by atoms with E-state index in [0.717, 1.165) is 34.9 Å². The van der Waals surface area contributed by atoms with Crippen molar-refractivity contribution in [2.45, 2.75) is 25.4 Å². The van der Waals surface area contributed by atoms with Gasteiger partial charge in [-0.3, -0.25) is 0 Å². The average molecular weight is 188 g/mol. The smallest absolute Gasteiger partial charge is 0.134 e. The van der Waals surface area contributed by atoms with E-state index in [-0.39, 0.29) is 0 Å². The van der Waals surface area contributed by atoms with Crippen LogP contribution in [0, 0.1) is 6.92 Å². The van der Waals surface area contributed by atoms with Gasteiger partial charge in [-0.15, -0.1) is 0 Å². The van der Waals surface area contributed by atoms with Gasteiger partial charge in [0.25, 0.3) is 0 Å². The van der Waals surface area contributed by atoms with Gasteiger partial charge in [0.15, 0.2) is 0 Å². The maximum Gasteiger partial charge on any atom is 0.134 e. The second kappa shape index (κ2) is 2.39. The fourth-order valence-corrected chi connectivity index (χ4v) is 1.85. The van der Waals surface area contributed by atoms with Crippen LogP contribution in [0.15, 0.2) is 28.9 Å². The fraction of sp³-hybridized carbons (Fsp3) is 0.333. The van der Waals surface area contributed by atoms with Crippen molar-refractivity contribution in [1.29, 1.82) is 0 Å². The molecule has 1 aliphatic carbocycles. The van der Waals surface area contributed by atoms with Gasteiger partial charge in [0.2, 0.25) is 0 Å². The van der Waals surface area contributed by atoms with Crippen molar-refractivity contribution in [3.8, 4) is 0 Å². The van der Waals surface area contributed by atoms with Gasteiger partial charge in [-0.25, -0.2) is 0 Å². The van der Waals surface area contributed by atoms with Crippen LogP contribution < -0.4 is 0 Å². The zero-order chi connectivity index (χ0) is 9.76. The Balaban J connectivity index is 2.23. The molecule has 1 aliphatic rings. The SMILES string of the molecule is Cc1coc2ccc(C3(O)CC3)cc12. The third kappa shape index (κ3) is 1.01. The van der Waals surface area contributed by atoms with Gasteiger partial charge >= 0.3 is 0 Å². The monoisotopic (exact) mass is 188 g/mol. The number of rotatable bonds is 1. The van der Waals surface area contributed by atoms with Crippen LogP contribution in [0.5, 0.6) is 0 Å². The van der Waals surface area contributed by atoms with E-state index in [1.807, 2.05) is 25.1 Å². The molecular formula is C12H12O2. The minimum Gasteiger partial charge on any atom is -0.464 e. The first kappa shape index (κ1) is 8.06. The van der Waals surface area contributed by atoms with Crippen LogP contribution in [0.2, 0.25) is 0 Å². The Morgan fingerprint density at radius 2 is 2.14 bits per heavy atom. The number of aliphatic hydroxyl groups is 1. The van der Waals surface area contributed by atoms with Crippen LogP contribution in [-0.4, -0.2) is 5.11 Å². The molecule has 2 nitrogen and oxygen atoms in total. The van der Waals surface area contributed by atoms with E-state index in [1.54, 1.807) is 6.26 Å². The Kier molecular flexibility index (Phi) is 1.38. The molecule has 3 rings (SSSR count). The highest BCUT2D eigenvalue weighted by atomic mass is 16.3. The van der Waals surface area contributed by atoms with Gasteiger partial charge in [-0.05, 0) is 43.0 Å². The second-order valence-electron chi connectivity index (χ2n) is 4.16. The Labute approximate surface area is 82.2 Å². The summed E-state index contributed by atoms with van der Waals surface area (Å²) in [5.74, 6) is 0. The predicted molar refractivity (Wildman–Crippen MR) is 54.1 cm³/mol. The lowest BCUT2D eigenvalue weighted by Crippen LogP contribution is -2.03. The Morgan fingerprint density at radius 3 is 2.86 bits per heavy atom. The van der Waals surface area contributed by atoms with Crippen molar-refractivity contribution in [2.24, 2.45) is 0 Å². The van der Waals surface area contributed by atoms with E-state index < -0.39 is 5.60 Å². The molecule has 0 spiro atoms. The van der Waals surface area contributed by atoms with Crippen molar-refractivity contribution in [1.82, 2.24) is 0 Å². The molecule has 1 heterocycles. The lowest BCUT2D eigenvalue weighted by molar-refractivity contribution is 0.151. The quantitative estimate of drug-likeness (QED) is 0.746. The molecule has 14 heavy (non-hydrogen) atoms. The van der Waals surface area contributed by atoms with Crippen molar-refractivity contribution < 1.29 is 9.52 Å². The molecule has 0 unspecified atom stereocenters. The molecule has 0 radical (unpaired) electrons. The third-order valence-electron chi connectivity index (χ3n) is 3.03. The molecule has 1 N–H and O–H groups in total. The summed E-state index contributed by atoms with van der Waals surface area (Å²) in [7, 11) is 0. The lowest BCUT2D eigenvalue weighted by Gasteiger charge is -2.07. The zero-order valence-electron chi connectivity index (χ0n) is 8.08. The molecule has 0 saturated heterocycles. The van der Waals surface area contributed by atoms with E-state index in [0.29, 0.717) is 0 Å². The Hall–Kier alpha value is -1.28. The van der Waals surface area contributed by atoms with Crippen LogP contribution in [0.1, 0.15) is 24.0 Å². The second-order valence-corrected chi connectivity index (χ2v) is 4.16. The number of aryl methyl sites for hydroxylation is 1. The summed E-state index contributed by atoms with van der Waals surface area (Å²) < 4.78 is 5.36. The summed E-state index contributed by atoms with van der Waals surface area (Å²) in [6, 6.07) is 5.94. The van der Waals surface area contributed by atoms with Crippen LogP contribution in [0.25, 0.3) is 11.0 Å². The van der Waals surface area contributed by atoms with Crippen LogP contribution in [0.4, 0.5) is 0 Å². The van der Waals surface area contributed by atoms with Crippen molar-refractivity contribution >= 4 is 11.0 Å². The van der Waals surface area contributed by atoms with E-state index in [4.69, 9.17) is 4.42 Å². The Bertz CT molecular complexity index is 492. The van der Waals surface area contributed by atoms with E-state index in [2.05, 4.69) is 0 Å². The van der Waals surface area contributed by atoms with E-state index in [9.17, 15) is 5.11 Å². The van der Waals surface area contributed by atoms with Gasteiger partial charge in [0, 0.05) is 5.39 Å². The van der Waals surface area contributed by atoms with E-state index >= 15 is 0 Å². The average Bonchev–Trinajstić information content (AvgIpc) is 2.84. The van der Waals surface area contributed by atoms with Gasteiger partial charge < -0.3 is 9.52 Å². The highest BCUT2D eigenvalue weighted by Gasteiger charge is 2.42. The molecule has 0 atom stereocenters. The number of fused-ring (bicyclic) bond motifs is 1. The highest BCUT2D eigenvalue weighted by Crippen LogP contribution is 2.46. The number of benzene rings is 1. The maximum absolute atomic E-state index is 9.96. The van der Waals surface area contributed by atoms with Gasteiger partial charge in [0.05, 0.1) is 11.9 Å². The number of furan rings is 1. The molecular weight excluding hydrogens is 176 g/mol.